The smallest absolute Gasteiger partial charge is 0.335 e. The first kappa shape index (κ1) is 13.9. The third kappa shape index (κ3) is 3.29. The standard InChI is InChI=1S/C11H15N3O4S/c1-7-6-10(13-12-7)14-19(17,18)9-4-2-8(3-5-9)11(15)16/h2-5,7,10,12-14H,6H2,1H3,(H,15,16). The van der Waals surface area contributed by atoms with Crippen molar-refractivity contribution in [1.29, 1.82) is 0 Å². The maximum atomic E-state index is 12.0. The van der Waals surface area contributed by atoms with Crippen LogP contribution in [0.2, 0.25) is 0 Å². The quantitative estimate of drug-likeness (QED) is 0.614. The largest absolute Gasteiger partial charge is 0.478 e. The average Bonchev–Trinajstić information content (AvgIpc) is 2.74. The topological polar surface area (TPSA) is 108 Å². The van der Waals surface area contributed by atoms with Gasteiger partial charge in [0.15, 0.2) is 0 Å². The van der Waals surface area contributed by atoms with Crippen LogP contribution in [0, 0.1) is 0 Å². The maximum absolute atomic E-state index is 12.0. The van der Waals surface area contributed by atoms with E-state index in [1.54, 1.807) is 0 Å². The first-order valence-corrected chi connectivity index (χ1v) is 7.23. The van der Waals surface area contributed by atoms with Gasteiger partial charge in [-0.05, 0) is 37.6 Å². The van der Waals surface area contributed by atoms with E-state index in [0.717, 1.165) is 0 Å². The van der Waals surface area contributed by atoms with Gasteiger partial charge in [-0.1, -0.05) is 0 Å². The van der Waals surface area contributed by atoms with Crippen LogP contribution in [0.1, 0.15) is 23.7 Å². The van der Waals surface area contributed by atoms with Crippen molar-refractivity contribution in [3.8, 4) is 0 Å². The van der Waals surface area contributed by atoms with Crippen LogP contribution < -0.4 is 15.6 Å². The second kappa shape index (κ2) is 5.25. The molecule has 104 valence electrons. The van der Waals surface area contributed by atoms with Gasteiger partial charge in [0.25, 0.3) is 0 Å². The van der Waals surface area contributed by atoms with Crippen molar-refractivity contribution in [3.05, 3.63) is 29.8 Å². The Bertz CT molecular complexity index is 570. The summed E-state index contributed by atoms with van der Waals surface area (Å²) in [6.45, 7) is 1.93. The Morgan fingerprint density at radius 2 is 1.95 bits per heavy atom. The molecule has 0 spiro atoms. The SMILES string of the molecule is CC1CC(NS(=O)(=O)c2ccc(C(=O)O)cc2)NN1. The molecule has 7 nitrogen and oxygen atoms in total. The van der Waals surface area contributed by atoms with Crippen molar-refractivity contribution in [3.63, 3.8) is 0 Å². The molecule has 0 amide bonds. The van der Waals surface area contributed by atoms with E-state index in [0.29, 0.717) is 6.42 Å². The Morgan fingerprint density at radius 3 is 2.42 bits per heavy atom. The number of sulfonamides is 1. The Kier molecular flexibility index (Phi) is 3.85. The Hall–Kier alpha value is -1.48. The second-order valence-corrected chi connectivity index (χ2v) is 6.14. The molecule has 0 aliphatic carbocycles. The molecular formula is C11H15N3O4S. The Morgan fingerprint density at radius 1 is 1.32 bits per heavy atom. The van der Waals surface area contributed by atoms with Gasteiger partial charge in [-0.25, -0.2) is 18.6 Å². The van der Waals surface area contributed by atoms with E-state index in [9.17, 15) is 13.2 Å². The van der Waals surface area contributed by atoms with Crippen LogP contribution in [0.15, 0.2) is 29.2 Å². The van der Waals surface area contributed by atoms with Gasteiger partial charge >= 0.3 is 5.97 Å². The van der Waals surface area contributed by atoms with Gasteiger partial charge in [0.1, 0.15) is 0 Å². The van der Waals surface area contributed by atoms with E-state index in [-0.39, 0.29) is 22.7 Å². The number of aromatic carboxylic acids is 1. The molecule has 0 aromatic heterocycles. The third-order valence-electron chi connectivity index (χ3n) is 2.80. The predicted molar refractivity (Wildman–Crippen MR) is 67.9 cm³/mol. The maximum Gasteiger partial charge on any atom is 0.335 e. The number of hydrogen-bond acceptors (Lipinski definition) is 5. The van der Waals surface area contributed by atoms with Gasteiger partial charge < -0.3 is 5.11 Å². The summed E-state index contributed by atoms with van der Waals surface area (Å²) < 4.78 is 26.6. The van der Waals surface area contributed by atoms with Gasteiger partial charge in [0.05, 0.1) is 16.6 Å². The summed E-state index contributed by atoms with van der Waals surface area (Å²) in [5.74, 6) is -1.09. The van der Waals surface area contributed by atoms with E-state index in [4.69, 9.17) is 5.11 Å². The third-order valence-corrected chi connectivity index (χ3v) is 4.29. The molecule has 1 aromatic carbocycles. The molecule has 19 heavy (non-hydrogen) atoms. The van der Waals surface area contributed by atoms with Crippen LogP contribution in [0.4, 0.5) is 0 Å². The molecule has 0 bridgehead atoms. The van der Waals surface area contributed by atoms with Gasteiger partial charge in [-0.15, -0.1) is 0 Å². The molecule has 0 saturated carbocycles. The zero-order valence-corrected chi connectivity index (χ0v) is 11.1. The lowest BCUT2D eigenvalue weighted by Gasteiger charge is -2.12. The molecule has 1 aliphatic heterocycles. The Balaban J connectivity index is 2.13. The normalized spacial score (nSPS) is 23.4. The highest BCUT2D eigenvalue weighted by Gasteiger charge is 2.25. The number of nitrogens with one attached hydrogen (secondary N) is 3. The van der Waals surface area contributed by atoms with Gasteiger partial charge in [-0.3, -0.25) is 5.43 Å². The number of benzene rings is 1. The van der Waals surface area contributed by atoms with Crippen LogP contribution in [-0.4, -0.2) is 31.7 Å². The monoisotopic (exact) mass is 285 g/mol. The van der Waals surface area contributed by atoms with Crippen LogP contribution in [0.3, 0.4) is 0 Å². The highest BCUT2D eigenvalue weighted by molar-refractivity contribution is 7.89. The molecule has 1 saturated heterocycles. The zero-order chi connectivity index (χ0) is 14.0. The predicted octanol–water partition coefficient (Wildman–Crippen LogP) is -0.124. The summed E-state index contributed by atoms with van der Waals surface area (Å²) in [6, 6.07) is 5.26. The zero-order valence-electron chi connectivity index (χ0n) is 10.3. The molecule has 1 heterocycles. The van der Waals surface area contributed by atoms with Crippen LogP contribution in [-0.2, 0) is 10.0 Å². The summed E-state index contributed by atoms with van der Waals surface area (Å²) in [4.78, 5) is 10.7. The minimum Gasteiger partial charge on any atom is -0.478 e. The number of hydrazine groups is 1. The highest BCUT2D eigenvalue weighted by Crippen LogP contribution is 2.12. The van der Waals surface area contributed by atoms with E-state index in [2.05, 4.69) is 15.6 Å². The molecule has 1 fully saturated rings. The molecule has 1 aliphatic rings. The molecule has 2 rings (SSSR count). The first-order chi connectivity index (χ1) is 8.88. The molecule has 2 unspecified atom stereocenters. The minimum atomic E-state index is -3.66. The number of carbonyl (C=O) groups is 1. The lowest BCUT2D eigenvalue weighted by Crippen LogP contribution is -2.44. The van der Waals surface area contributed by atoms with Crippen molar-refractivity contribution in [2.75, 3.05) is 0 Å². The van der Waals surface area contributed by atoms with E-state index < -0.39 is 16.0 Å². The van der Waals surface area contributed by atoms with Crippen molar-refractivity contribution in [2.24, 2.45) is 0 Å². The number of carboxylic acid groups (broad SMARTS) is 1. The highest BCUT2D eigenvalue weighted by atomic mass is 32.2. The van der Waals surface area contributed by atoms with Crippen molar-refractivity contribution in [2.45, 2.75) is 30.4 Å². The molecule has 4 N–H and O–H groups in total. The van der Waals surface area contributed by atoms with Crippen molar-refractivity contribution < 1.29 is 18.3 Å². The second-order valence-electron chi connectivity index (χ2n) is 4.43. The number of rotatable bonds is 4. The summed E-state index contributed by atoms with van der Waals surface area (Å²) in [7, 11) is -3.66. The van der Waals surface area contributed by atoms with Crippen molar-refractivity contribution in [1.82, 2.24) is 15.6 Å². The summed E-state index contributed by atoms with van der Waals surface area (Å²) >= 11 is 0. The molecule has 2 atom stereocenters. The minimum absolute atomic E-state index is 0.0406. The summed E-state index contributed by atoms with van der Waals surface area (Å²) in [5, 5.41) is 8.75. The molecular weight excluding hydrogens is 270 g/mol. The van der Waals surface area contributed by atoms with Gasteiger partial charge in [0.2, 0.25) is 10.0 Å². The fraction of sp³-hybridized carbons (Fsp3) is 0.364. The summed E-state index contributed by atoms with van der Waals surface area (Å²) in [5.41, 5.74) is 5.79. The van der Waals surface area contributed by atoms with Gasteiger partial charge in [0, 0.05) is 6.04 Å². The number of carboxylic acids is 1. The molecule has 1 aromatic rings. The lowest BCUT2D eigenvalue weighted by atomic mass is 10.2. The van der Waals surface area contributed by atoms with Crippen molar-refractivity contribution >= 4 is 16.0 Å². The van der Waals surface area contributed by atoms with Crippen LogP contribution in [0.25, 0.3) is 0 Å². The Labute approximate surface area is 111 Å². The van der Waals surface area contributed by atoms with Crippen LogP contribution in [0.5, 0.6) is 0 Å². The van der Waals surface area contributed by atoms with Crippen LogP contribution >= 0.6 is 0 Å². The average molecular weight is 285 g/mol. The van der Waals surface area contributed by atoms with E-state index >= 15 is 0 Å². The van der Waals surface area contributed by atoms with E-state index in [1.807, 2.05) is 6.92 Å². The fourth-order valence-corrected chi connectivity index (χ4v) is 2.98. The fourth-order valence-electron chi connectivity index (χ4n) is 1.82. The van der Waals surface area contributed by atoms with E-state index in [1.165, 1.54) is 24.3 Å². The summed E-state index contributed by atoms with van der Waals surface area (Å²) in [6.07, 6.45) is 0.256. The lowest BCUT2D eigenvalue weighted by molar-refractivity contribution is 0.0696. The van der Waals surface area contributed by atoms with Gasteiger partial charge in [-0.2, -0.15) is 4.72 Å². The molecule has 8 heteroatoms. The first-order valence-electron chi connectivity index (χ1n) is 5.75. The molecule has 0 radical (unpaired) electrons. The number of hydrogen-bond donors (Lipinski definition) is 4.